The number of carboxylic acids is 1. The topological polar surface area (TPSA) is 106 Å². The van der Waals surface area contributed by atoms with Gasteiger partial charge in [-0.2, -0.15) is 0 Å². The number of rotatable bonds is 6. The highest BCUT2D eigenvalue weighted by atomic mass is 16.6. The van der Waals surface area contributed by atoms with Crippen molar-refractivity contribution in [3.63, 3.8) is 0 Å². The molecule has 2 aromatic carbocycles. The quantitative estimate of drug-likeness (QED) is 0.532. The van der Waals surface area contributed by atoms with Crippen LogP contribution in [0.2, 0.25) is 0 Å². The fourth-order valence-corrected chi connectivity index (χ4v) is 5.93. The summed E-state index contributed by atoms with van der Waals surface area (Å²) in [5.74, 6) is -1.33. The third-order valence-electron chi connectivity index (χ3n) is 8.27. The van der Waals surface area contributed by atoms with E-state index in [1.807, 2.05) is 43.3 Å². The van der Waals surface area contributed by atoms with Crippen LogP contribution >= 0.6 is 0 Å². The maximum Gasteiger partial charge on any atom is 0.410 e. The smallest absolute Gasteiger partial charge is 0.410 e. The maximum atomic E-state index is 13.9. The Morgan fingerprint density at radius 1 is 1.00 bits per heavy atom. The molecule has 0 spiro atoms. The summed E-state index contributed by atoms with van der Waals surface area (Å²) in [6.45, 7) is 8.30. The van der Waals surface area contributed by atoms with Crippen LogP contribution in [0.1, 0.15) is 57.6 Å². The van der Waals surface area contributed by atoms with E-state index < -0.39 is 29.3 Å². The Labute approximate surface area is 235 Å². The summed E-state index contributed by atoms with van der Waals surface area (Å²) in [7, 11) is 0. The molecule has 0 atom stereocenters. The average molecular weight is 551 g/mol. The highest BCUT2D eigenvalue weighted by Crippen LogP contribution is 2.45. The molecule has 0 unspecified atom stereocenters. The second-order valence-electron chi connectivity index (χ2n) is 12.5. The number of hydrogen-bond acceptors (Lipinski definition) is 6. The van der Waals surface area contributed by atoms with Crippen molar-refractivity contribution < 1.29 is 33.7 Å². The third kappa shape index (κ3) is 5.27. The van der Waals surface area contributed by atoms with E-state index >= 15 is 0 Å². The van der Waals surface area contributed by atoms with Gasteiger partial charge < -0.3 is 24.2 Å². The summed E-state index contributed by atoms with van der Waals surface area (Å²) < 4.78 is 16.9. The molecule has 0 aromatic heterocycles. The number of ether oxygens (including phenoxy) is 3. The predicted octanol–water partition coefficient (Wildman–Crippen LogP) is 5.13. The summed E-state index contributed by atoms with van der Waals surface area (Å²) in [6.07, 6.45) is 0.0760. The summed E-state index contributed by atoms with van der Waals surface area (Å²) in [5.41, 5.74) is 1.69. The lowest BCUT2D eigenvalue weighted by Gasteiger charge is -2.53. The molecule has 0 radical (unpaired) electrons. The van der Waals surface area contributed by atoms with Gasteiger partial charge in [0.15, 0.2) is 5.54 Å². The van der Waals surface area contributed by atoms with Crippen LogP contribution in [0.25, 0.3) is 11.1 Å². The van der Waals surface area contributed by atoms with Gasteiger partial charge in [-0.3, -0.25) is 4.90 Å². The molecule has 5 rings (SSSR count). The normalized spacial score (nSPS) is 19.1. The third-order valence-corrected chi connectivity index (χ3v) is 8.27. The molecule has 40 heavy (non-hydrogen) atoms. The minimum absolute atomic E-state index is 0.0780. The van der Waals surface area contributed by atoms with E-state index in [1.165, 1.54) is 9.80 Å². The van der Waals surface area contributed by atoms with Crippen LogP contribution in [0, 0.1) is 5.41 Å². The molecular formula is C31H38N2O7. The first-order chi connectivity index (χ1) is 18.9. The van der Waals surface area contributed by atoms with Crippen LogP contribution in [-0.2, 0) is 19.0 Å². The lowest BCUT2D eigenvalue weighted by atomic mass is 9.79. The first-order valence-electron chi connectivity index (χ1n) is 13.8. The van der Waals surface area contributed by atoms with E-state index in [9.17, 15) is 19.5 Å². The molecule has 1 aliphatic carbocycles. The van der Waals surface area contributed by atoms with Crippen LogP contribution in [0.15, 0.2) is 48.5 Å². The van der Waals surface area contributed by atoms with Gasteiger partial charge in [0.05, 0.1) is 13.1 Å². The van der Waals surface area contributed by atoms with Gasteiger partial charge in [-0.05, 0) is 61.3 Å². The number of hydrogen-bond donors (Lipinski definition) is 1. The minimum Gasteiger partial charge on any atom is -0.479 e. The molecule has 9 heteroatoms. The van der Waals surface area contributed by atoms with Crippen LogP contribution < -0.4 is 0 Å². The molecule has 214 valence electrons. The largest absolute Gasteiger partial charge is 0.479 e. The molecule has 2 amide bonds. The SMILES string of the molecule is CC1(CN(C(=O)OCC2c3ccccc3-c3ccccc32)C2(C(=O)O)CN(C(=O)OC(C)(C)C)C2)CCOCC1. The second-order valence-corrected chi connectivity index (χ2v) is 12.5. The highest BCUT2D eigenvalue weighted by Gasteiger charge is 2.59. The van der Waals surface area contributed by atoms with E-state index in [1.54, 1.807) is 20.8 Å². The number of carbonyl (C=O) groups is 3. The molecule has 0 bridgehead atoms. The Morgan fingerprint density at radius 3 is 2.08 bits per heavy atom. The zero-order valence-corrected chi connectivity index (χ0v) is 23.6. The number of carbonyl (C=O) groups excluding carboxylic acids is 2. The number of fused-ring (bicyclic) bond motifs is 3. The highest BCUT2D eigenvalue weighted by molar-refractivity contribution is 5.89. The van der Waals surface area contributed by atoms with Gasteiger partial charge in [0, 0.05) is 25.7 Å². The number of aliphatic carboxylic acids is 1. The predicted molar refractivity (Wildman–Crippen MR) is 148 cm³/mol. The Bertz CT molecular complexity index is 1240. The van der Waals surface area contributed by atoms with Crippen LogP contribution in [0.5, 0.6) is 0 Å². The summed E-state index contributed by atoms with van der Waals surface area (Å²) in [4.78, 5) is 42.0. The fourth-order valence-electron chi connectivity index (χ4n) is 5.93. The van der Waals surface area contributed by atoms with Crippen molar-refractivity contribution in [2.75, 3.05) is 39.5 Å². The van der Waals surface area contributed by atoms with Crippen LogP contribution in [0.4, 0.5) is 9.59 Å². The second kappa shape index (κ2) is 10.4. The minimum atomic E-state index is -1.61. The first-order valence-corrected chi connectivity index (χ1v) is 13.8. The molecule has 2 fully saturated rings. The van der Waals surface area contributed by atoms with Crippen molar-refractivity contribution in [1.82, 2.24) is 9.80 Å². The first kappa shape index (κ1) is 28.0. The molecule has 2 aliphatic heterocycles. The number of likely N-dealkylation sites (tertiary alicyclic amines) is 1. The molecule has 2 heterocycles. The maximum absolute atomic E-state index is 13.9. The van der Waals surface area contributed by atoms with Crippen molar-refractivity contribution in [1.29, 1.82) is 0 Å². The number of nitrogens with zero attached hydrogens (tertiary/aromatic N) is 2. The number of benzene rings is 2. The van der Waals surface area contributed by atoms with E-state index in [4.69, 9.17) is 14.2 Å². The van der Waals surface area contributed by atoms with Gasteiger partial charge in [0.1, 0.15) is 12.2 Å². The average Bonchev–Trinajstić information content (AvgIpc) is 3.19. The van der Waals surface area contributed by atoms with E-state index in [0.717, 1.165) is 22.3 Å². The molecule has 3 aliphatic rings. The molecular weight excluding hydrogens is 512 g/mol. The zero-order valence-electron chi connectivity index (χ0n) is 23.6. The monoisotopic (exact) mass is 550 g/mol. The summed E-state index contributed by atoms with van der Waals surface area (Å²) >= 11 is 0. The van der Waals surface area contributed by atoms with Crippen LogP contribution in [-0.4, -0.2) is 83.7 Å². The molecule has 0 saturated carbocycles. The Kier molecular flexibility index (Phi) is 7.29. The molecule has 1 N–H and O–H groups in total. The van der Waals surface area contributed by atoms with Gasteiger partial charge in [0.25, 0.3) is 0 Å². The standard InChI is InChI=1S/C31H38N2O7/c1-29(2,3)40-27(36)32-19-31(20-32,26(34)35)33(18-30(4)13-15-38-16-14-30)28(37)39-17-25-23-11-7-5-9-21(23)22-10-6-8-12-24(22)25/h5-12,25H,13-20H2,1-4H3,(H,34,35). The number of carboxylic acid groups (broad SMARTS) is 1. The van der Waals surface area contributed by atoms with Crippen molar-refractivity contribution >= 4 is 18.2 Å². The molecule has 9 nitrogen and oxygen atoms in total. The number of amides is 2. The Balaban J connectivity index is 1.39. The Hall–Kier alpha value is -3.59. The van der Waals surface area contributed by atoms with Gasteiger partial charge in [-0.25, -0.2) is 14.4 Å². The van der Waals surface area contributed by atoms with Crippen molar-refractivity contribution in [3.8, 4) is 11.1 Å². The fraction of sp³-hybridized carbons (Fsp3) is 0.516. The van der Waals surface area contributed by atoms with E-state index in [2.05, 4.69) is 12.1 Å². The zero-order chi connectivity index (χ0) is 28.7. The summed E-state index contributed by atoms with van der Waals surface area (Å²) in [5, 5.41) is 10.4. The lowest BCUT2D eigenvalue weighted by Crippen LogP contribution is -2.77. The van der Waals surface area contributed by atoms with Crippen LogP contribution in [0.3, 0.4) is 0 Å². The summed E-state index contributed by atoms with van der Waals surface area (Å²) in [6, 6.07) is 16.1. The van der Waals surface area contributed by atoms with Crippen molar-refractivity contribution in [2.24, 2.45) is 5.41 Å². The van der Waals surface area contributed by atoms with Gasteiger partial charge in [-0.1, -0.05) is 55.5 Å². The molecule has 2 aromatic rings. The van der Waals surface area contributed by atoms with Gasteiger partial charge in [0.2, 0.25) is 0 Å². The van der Waals surface area contributed by atoms with Crippen molar-refractivity contribution in [2.45, 2.75) is 57.6 Å². The lowest BCUT2D eigenvalue weighted by molar-refractivity contribution is -0.164. The van der Waals surface area contributed by atoms with E-state index in [0.29, 0.717) is 26.1 Å². The molecule has 2 saturated heterocycles. The van der Waals surface area contributed by atoms with E-state index in [-0.39, 0.29) is 37.6 Å². The van der Waals surface area contributed by atoms with Gasteiger partial charge in [-0.15, -0.1) is 0 Å². The van der Waals surface area contributed by atoms with Crippen molar-refractivity contribution in [3.05, 3.63) is 59.7 Å². The Morgan fingerprint density at radius 2 is 1.55 bits per heavy atom. The van der Waals surface area contributed by atoms with Gasteiger partial charge >= 0.3 is 18.2 Å².